The zero-order valence-electron chi connectivity index (χ0n) is 8.88. The van der Waals surface area contributed by atoms with Crippen LogP contribution < -0.4 is 10.6 Å². The number of likely N-dealkylation sites (N-methyl/N-ethyl adjacent to an activating group) is 1. The molecule has 0 saturated carbocycles. The Morgan fingerprint density at radius 3 is 2.53 bits per heavy atom. The predicted octanol–water partition coefficient (Wildman–Crippen LogP) is 1.05. The van der Waals surface area contributed by atoms with Crippen LogP contribution in [-0.4, -0.2) is 19.0 Å². The van der Waals surface area contributed by atoms with Gasteiger partial charge < -0.3 is 10.6 Å². The average Bonchev–Trinajstić information content (AvgIpc) is 2.26. The summed E-state index contributed by atoms with van der Waals surface area (Å²) in [4.78, 5) is 11.2. The monoisotopic (exact) mass is 210 g/mol. The Bertz CT molecular complexity index is 324. The first-order valence-corrected chi connectivity index (χ1v) is 4.83. The molecule has 0 fully saturated rings. The van der Waals surface area contributed by atoms with Crippen molar-refractivity contribution in [1.29, 1.82) is 0 Å². The van der Waals surface area contributed by atoms with Gasteiger partial charge in [-0.05, 0) is 24.6 Å². The standard InChI is InChI=1S/C11H15FN2O/c1-8(11(15)13-2)14-7-9-3-5-10(12)6-4-9/h3-6,8,14H,7H2,1-2H3,(H,13,15). The number of rotatable bonds is 4. The van der Waals surface area contributed by atoms with Crippen LogP contribution in [-0.2, 0) is 11.3 Å². The van der Waals surface area contributed by atoms with Crippen LogP contribution in [0, 0.1) is 5.82 Å². The van der Waals surface area contributed by atoms with E-state index in [0.29, 0.717) is 6.54 Å². The zero-order chi connectivity index (χ0) is 11.3. The molecule has 0 aromatic heterocycles. The number of amides is 1. The second kappa shape index (κ2) is 5.46. The van der Waals surface area contributed by atoms with E-state index in [1.807, 2.05) is 0 Å². The smallest absolute Gasteiger partial charge is 0.236 e. The number of halogens is 1. The lowest BCUT2D eigenvalue weighted by Gasteiger charge is -2.11. The van der Waals surface area contributed by atoms with E-state index in [0.717, 1.165) is 5.56 Å². The van der Waals surface area contributed by atoms with Crippen molar-refractivity contribution in [2.75, 3.05) is 7.05 Å². The van der Waals surface area contributed by atoms with Gasteiger partial charge in [-0.2, -0.15) is 0 Å². The summed E-state index contributed by atoms with van der Waals surface area (Å²) >= 11 is 0. The maximum absolute atomic E-state index is 12.6. The summed E-state index contributed by atoms with van der Waals surface area (Å²) in [7, 11) is 1.60. The Morgan fingerprint density at radius 2 is 2.00 bits per heavy atom. The van der Waals surface area contributed by atoms with Crippen molar-refractivity contribution >= 4 is 5.91 Å². The second-order valence-electron chi connectivity index (χ2n) is 3.34. The molecule has 15 heavy (non-hydrogen) atoms. The van der Waals surface area contributed by atoms with E-state index in [9.17, 15) is 9.18 Å². The van der Waals surface area contributed by atoms with Crippen molar-refractivity contribution < 1.29 is 9.18 Å². The van der Waals surface area contributed by atoms with Gasteiger partial charge in [0, 0.05) is 13.6 Å². The van der Waals surface area contributed by atoms with Gasteiger partial charge >= 0.3 is 0 Å². The quantitative estimate of drug-likeness (QED) is 0.780. The molecule has 1 aromatic rings. The Balaban J connectivity index is 2.43. The fourth-order valence-corrected chi connectivity index (χ4v) is 1.18. The van der Waals surface area contributed by atoms with E-state index < -0.39 is 0 Å². The summed E-state index contributed by atoms with van der Waals surface area (Å²) in [5.74, 6) is -0.310. The Labute approximate surface area is 88.7 Å². The first kappa shape index (κ1) is 11.7. The third kappa shape index (κ3) is 3.67. The molecule has 1 aromatic carbocycles. The fraction of sp³-hybridized carbons (Fsp3) is 0.364. The van der Waals surface area contributed by atoms with Gasteiger partial charge in [0.05, 0.1) is 6.04 Å². The van der Waals surface area contributed by atoms with E-state index >= 15 is 0 Å². The molecule has 4 heteroatoms. The molecule has 2 N–H and O–H groups in total. The number of carbonyl (C=O) groups excluding carboxylic acids is 1. The van der Waals surface area contributed by atoms with E-state index in [4.69, 9.17) is 0 Å². The van der Waals surface area contributed by atoms with Gasteiger partial charge in [0.2, 0.25) is 5.91 Å². The lowest BCUT2D eigenvalue weighted by Crippen LogP contribution is -2.40. The molecule has 1 atom stereocenters. The summed E-state index contributed by atoms with van der Waals surface area (Å²) < 4.78 is 12.6. The van der Waals surface area contributed by atoms with Crippen molar-refractivity contribution in [3.05, 3.63) is 35.6 Å². The van der Waals surface area contributed by atoms with Gasteiger partial charge in [0.25, 0.3) is 0 Å². The van der Waals surface area contributed by atoms with Crippen molar-refractivity contribution in [2.45, 2.75) is 19.5 Å². The summed E-state index contributed by atoms with van der Waals surface area (Å²) in [6.07, 6.45) is 0. The highest BCUT2D eigenvalue weighted by molar-refractivity contribution is 5.80. The predicted molar refractivity (Wildman–Crippen MR) is 56.8 cm³/mol. The van der Waals surface area contributed by atoms with Crippen molar-refractivity contribution in [2.24, 2.45) is 0 Å². The molecule has 0 aliphatic heterocycles. The fourth-order valence-electron chi connectivity index (χ4n) is 1.18. The highest BCUT2D eigenvalue weighted by atomic mass is 19.1. The number of hydrogen-bond acceptors (Lipinski definition) is 2. The van der Waals surface area contributed by atoms with Crippen LogP contribution in [0.15, 0.2) is 24.3 Å². The minimum atomic E-state index is -0.252. The number of benzene rings is 1. The first-order chi connectivity index (χ1) is 7.13. The Hall–Kier alpha value is -1.42. The van der Waals surface area contributed by atoms with Crippen molar-refractivity contribution in [3.8, 4) is 0 Å². The van der Waals surface area contributed by atoms with Gasteiger partial charge in [-0.1, -0.05) is 12.1 Å². The molecule has 3 nitrogen and oxygen atoms in total. The Kier molecular flexibility index (Phi) is 4.24. The number of hydrogen-bond donors (Lipinski definition) is 2. The maximum Gasteiger partial charge on any atom is 0.236 e. The minimum absolute atomic E-state index is 0.0582. The molecule has 0 saturated heterocycles. The van der Waals surface area contributed by atoms with Gasteiger partial charge in [-0.25, -0.2) is 4.39 Å². The van der Waals surface area contributed by atoms with Crippen LogP contribution in [0.4, 0.5) is 4.39 Å². The molecule has 0 aliphatic carbocycles. The molecule has 0 aliphatic rings. The molecule has 1 rings (SSSR count). The van der Waals surface area contributed by atoms with Crippen LogP contribution in [0.2, 0.25) is 0 Å². The molecule has 0 heterocycles. The summed E-state index contributed by atoms with van der Waals surface area (Å²) in [5, 5.41) is 5.58. The third-order valence-corrected chi connectivity index (χ3v) is 2.17. The average molecular weight is 210 g/mol. The highest BCUT2D eigenvalue weighted by Gasteiger charge is 2.09. The normalized spacial score (nSPS) is 12.2. The lowest BCUT2D eigenvalue weighted by atomic mass is 10.2. The second-order valence-corrected chi connectivity index (χ2v) is 3.34. The van der Waals surface area contributed by atoms with Crippen molar-refractivity contribution in [1.82, 2.24) is 10.6 Å². The molecule has 1 unspecified atom stereocenters. The topological polar surface area (TPSA) is 41.1 Å². The van der Waals surface area contributed by atoms with Gasteiger partial charge in [0.1, 0.15) is 5.82 Å². The number of carbonyl (C=O) groups is 1. The first-order valence-electron chi connectivity index (χ1n) is 4.83. The highest BCUT2D eigenvalue weighted by Crippen LogP contribution is 2.02. The van der Waals surface area contributed by atoms with E-state index in [1.165, 1.54) is 12.1 Å². The third-order valence-electron chi connectivity index (χ3n) is 2.17. The molecule has 0 radical (unpaired) electrons. The number of nitrogens with one attached hydrogen (secondary N) is 2. The van der Waals surface area contributed by atoms with Crippen LogP contribution in [0.25, 0.3) is 0 Å². The maximum atomic E-state index is 12.6. The summed E-state index contributed by atoms with van der Waals surface area (Å²) in [6, 6.07) is 5.95. The summed E-state index contributed by atoms with van der Waals surface area (Å²) in [6.45, 7) is 2.33. The van der Waals surface area contributed by atoms with E-state index in [-0.39, 0.29) is 17.8 Å². The SMILES string of the molecule is CNC(=O)C(C)NCc1ccc(F)cc1. The Morgan fingerprint density at radius 1 is 1.40 bits per heavy atom. The molecule has 1 amide bonds. The van der Waals surface area contributed by atoms with Crippen molar-refractivity contribution in [3.63, 3.8) is 0 Å². The van der Waals surface area contributed by atoms with Gasteiger partial charge in [0.15, 0.2) is 0 Å². The minimum Gasteiger partial charge on any atom is -0.358 e. The van der Waals surface area contributed by atoms with Crippen LogP contribution in [0.3, 0.4) is 0 Å². The van der Waals surface area contributed by atoms with Crippen LogP contribution in [0.5, 0.6) is 0 Å². The molecule has 0 spiro atoms. The van der Waals surface area contributed by atoms with E-state index in [1.54, 1.807) is 26.1 Å². The molecular formula is C11H15FN2O. The zero-order valence-corrected chi connectivity index (χ0v) is 8.88. The van der Waals surface area contributed by atoms with E-state index in [2.05, 4.69) is 10.6 Å². The lowest BCUT2D eigenvalue weighted by molar-refractivity contribution is -0.122. The van der Waals surface area contributed by atoms with Crippen LogP contribution >= 0.6 is 0 Å². The summed E-state index contributed by atoms with van der Waals surface area (Å²) in [5.41, 5.74) is 0.951. The van der Waals surface area contributed by atoms with Gasteiger partial charge in [-0.3, -0.25) is 4.79 Å². The molecular weight excluding hydrogens is 195 g/mol. The van der Waals surface area contributed by atoms with Crippen LogP contribution in [0.1, 0.15) is 12.5 Å². The molecule has 0 bridgehead atoms. The van der Waals surface area contributed by atoms with Gasteiger partial charge in [-0.15, -0.1) is 0 Å². The largest absolute Gasteiger partial charge is 0.358 e. The molecule has 82 valence electrons.